The summed E-state index contributed by atoms with van der Waals surface area (Å²) in [7, 11) is 0. The molecule has 104 valence electrons. The summed E-state index contributed by atoms with van der Waals surface area (Å²) >= 11 is 13.1. The zero-order valence-electron chi connectivity index (χ0n) is 10.6. The van der Waals surface area contributed by atoms with E-state index in [1.807, 2.05) is 6.92 Å². The van der Waals surface area contributed by atoms with E-state index in [2.05, 4.69) is 15.5 Å². The van der Waals surface area contributed by atoms with Crippen molar-refractivity contribution in [2.24, 2.45) is 0 Å². The lowest BCUT2D eigenvalue weighted by Crippen LogP contribution is -2.07. The monoisotopic (exact) mass is 327 g/mol. The highest BCUT2D eigenvalue weighted by Gasteiger charge is 2.04. The fourth-order valence-corrected chi connectivity index (χ4v) is 2.37. The number of aryl methyl sites for hydroxylation is 1. The van der Waals surface area contributed by atoms with Gasteiger partial charge < -0.3 is 0 Å². The zero-order chi connectivity index (χ0) is 14.5. The number of benzene rings is 1. The number of aromatic nitrogens is 2. The Labute approximate surface area is 130 Å². The Morgan fingerprint density at radius 1 is 1.35 bits per heavy atom. The minimum absolute atomic E-state index is 0.269. The largest absolute Gasteiger partial charge is 0.297 e. The molecule has 1 aromatic heterocycles. The highest BCUT2D eigenvalue weighted by atomic mass is 35.5. The number of rotatable bonds is 4. The molecule has 0 atom stereocenters. The molecular formula is C13H11Cl2N3OS. The molecule has 0 saturated heterocycles. The van der Waals surface area contributed by atoms with E-state index in [9.17, 15) is 4.79 Å². The number of carbonyl (C=O) groups excluding carboxylic acids is 1. The number of hydrogen-bond acceptors (Lipinski definition) is 4. The normalized spacial score (nSPS) is 10.9. The molecule has 2 rings (SSSR count). The molecule has 0 aliphatic rings. The van der Waals surface area contributed by atoms with Crippen molar-refractivity contribution in [2.45, 2.75) is 13.3 Å². The van der Waals surface area contributed by atoms with Gasteiger partial charge >= 0.3 is 0 Å². The van der Waals surface area contributed by atoms with E-state index in [0.717, 1.165) is 17.0 Å². The fraction of sp³-hybridized carbons (Fsp3) is 0.154. The summed E-state index contributed by atoms with van der Waals surface area (Å²) in [4.78, 5) is 11.7. The number of anilines is 1. The zero-order valence-corrected chi connectivity index (χ0v) is 12.9. The van der Waals surface area contributed by atoms with Gasteiger partial charge in [0.1, 0.15) is 5.01 Å². The molecule has 0 saturated carbocycles. The maximum Gasteiger partial charge on any atom is 0.250 e. The molecule has 0 radical (unpaired) electrons. The van der Waals surface area contributed by atoms with E-state index in [0.29, 0.717) is 15.2 Å². The van der Waals surface area contributed by atoms with Gasteiger partial charge in [0.25, 0.3) is 0 Å². The average molecular weight is 328 g/mol. The van der Waals surface area contributed by atoms with Gasteiger partial charge in [0.05, 0.1) is 10.0 Å². The Morgan fingerprint density at radius 3 is 2.80 bits per heavy atom. The molecule has 0 aliphatic carbocycles. The van der Waals surface area contributed by atoms with Crippen molar-refractivity contribution >= 4 is 51.7 Å². The molecule has 20 heavy (non-hydrogen) atoms. The van der Waals surface area contributed by atoms with Gasteiger partial charge in [-0.2, -0.15) is 0 Å². The van der Waals surface area contributed by atoms with Crippen LogP contribution in [0.3, 0.4) is 0 Å². The summed E-state index contributed by atoms with van der Waals surface area (Å²) in [5.74, 6) is -0.269. The van der Waals surface area contributed by atoms with Crippen molar-refractivity contribution in [1.82, 2.24) is 10.2 Å². The van der Waals surface area contributed by atoms with Crippen LogP contribution in [0.25, 0.3) is 6.08 Å². The van der Waals surface area contributed by atoms with Gasteiger partial charge in [-0.1, -0.05) is 47.5 Å². The summed E-state index contributed by atoms with van der Waals surface area (Å²) in [6, 6.07) is 5.14. The van der Waals surface area contributed by atoms with E-state index in [-0.39, 0.29) is 5.91 Å². The Bertz CT molecular complexity index is 655. The van der Waals surface area contributed by atoms with E-state index < -0.39 is 0 Å². The Hall–Kier alpha value is -1.43. The predicted octanol–water partition coefficient (Wildman–Crippen LogP) is 4.06. The van der Waals surface area contributed by atoms with Crippen molar-refractivity contribution < 1.29 is 4.79 Å². The number of amides is 1. The van der Waals surface area contributed by atoms with Crippen LogP contribution in [0.2, 0.25) is 10.0 Å². The van der Waals surface area contributed by atoms with E-state index in [1.54, 1.807) is 24.3 Å². The lowest BCUT2D eigenvalue weighted by Gasteiger charge is -1.98. The first-order valence-electron chi connectivity index (χ1n) is 5.85. The first-order chi connectivity index (χ1) is 9.58. The van der Waals surface area contributed by atoms with Crippen LogP contribution in [-0.4, -0.2) is 16.1 Å². The number of hydrogen-bond donors (Lipinski definition) is 1. The second-order valence-corrected chi connectivity index (χ2v) is 5.73. The number of carbonyl (C=O) groups is 1. The van der Waals surface area contributed by atoms with Crippen LogP contribution in [0.15, 0.2) is 24.3 Å². The SMILES string of the molecule is CCc1nnc(NC(=O)C=Cc2ccc(Cl)c(Cl)c2)s1. The summed E-state index contributed by atoms with van der Waals surface area (Å²) in [6.07, 6.45) is 3.86. The first kappa shape index (κ1) is 15.0. The molecular weight excluding hydrogens is 317 g/mol. The molecule has 0 aliphatic heterocycles. The highest BCUT2D eigenvalue weighted by Crippen LogP contribution is 2.23. The summed E-state index contributed by atoms with van der Waals surface area (Å²) in [5.41, 5.74) is 0.793. The average Bonchev–Trinajstić information content (AvgIpc) is 2.88. The van der Waals surface area contributed by atoms with E-state index in [1.165, 1.54) is 17.4 Å². The van der Waals surface area contributed by atoms with Crippen LogP contribution in [-0.2, 0) is 11.2 Å². The lowest BCUT2D eigenvalue weighted by molar-refractivity contribution is -0.111. The van der Waals surface area contributed by atoms with Gasteiger partial charge in [0.15, 0.2) is 0 Å². The smallest absolute Gasteiger partial charge is 0.250 e. The van der Waals surface area contributed by atoms with E-state index in [4.69, 9.17) is 23.2 Å². The third-order valence-electron chi connectivity index (χ3n) is 2.37. The number of halogens is 2. The Kier molecular flexibility index (Phi) is 5.11. The molecule has 0 bridgehead atoms. The van der Waals surface area contributed by atoms with Gasteiger partial charge in [0.2, 0.25) is 11.0 Å². The second-order valence-electron chi connectivity index (χ2n) is 3.85. The molecule has 0 spiro atoms. The minimum atomic E-state index is -0.269. The molecule has 1 N–H and O–H groups in total. The number of nitrogens with zero attached hydrogens (tertiary/aromatic N) is 2. The van der Waals surface area contributed by atoms with Crippen LogP contribution in [0.1, 0.15) is 17.5 Å². The third-order valence-corrected chi connectivity index (χ3v) is 4.09. The highest BCUT2D eigenvalue weighted by molar-refractivity contribution is 7.15. The molecule has 0 unspecified atom stereocenters. The Balaban J connectivity index is 1.99. The van der Waals surface area contributed by atoms with Crippen LogP contribution in [0, 0.1) is 0 Å². The fourth-order valence-electron chi connectivity index (χ4n) is 1.38. The minimum Gasteiger partial charge on any atom is -0.297 e. The van der Waals surface area contributed by atoms with Crippen LogP contribution < -0.4 is 5.32 Å². The number of nitrogens with one attached hydrogen (secondary N) is 1. The van der Waals surface area contributed by atoms with Gasteiger partial charge in [-0.25, -0.2) is 0 Å². The van der Waals surface area contributed by atoms with Crippen molar-refractivity contribution in [1.29, 1.82) is 0 Å². The van der Waals surface area contributed by atoms with Crippen molar-refractivity contribution in [3.05, 3.63) is 44.9 Å². The van der Waals surface area contributed by atoms with Crippen molar-refractivity contribution in [2.75, 3.05) is 5.32 Å². The Morgan fingerprint density at radius 2 is 2.15 bits per heavy atom. The maximum absolute atomic E-state index is 11.7. The van der Waals surface area contributed by atoms with Gasteiger partial charge in [-0.05, 0) is 30.2 Å². The quantitative estimate of drug-likeness (QED) is 0.861. The topological polar surface area (TPSA) is 54.9 Å². The molecule has 4 nitrogen and oxygen atoms in total. The molecule has 7 heteroatoms. The summed E-state index contributed by atoms with van der Waals surface area (Å²) in [5, 5.41) is 12.8. The molecule has 1 aromatic carbocycles. The van der Waals surface area contributed by atoms with Gasteiger partial charge in [0, 0.05) is 6.08 Å². The van der Waals surface area contributed by atoms with Gasteiger partial charge in [-0.3, -0.25) is 10.1 Å². The molecule has 0 fully saturated rings. The van der Waals surface area contributed by atoms with E-state index >= 15 is 0 Å². The summed E-state index contributed by atoms with van der Waals surface area (Å²) < 4.78 is 0. The third kappa shape index (κ3) is 4.03. The van der Waals surface area contributed by atoms with Crippen molar-refractivity contribution in [3.8, 4) is 0 Å². The standard InChI is InChI=1S/C13H11Cl2N3OS/c1-2-12-17-18-13(20-12)16-11(19)6-4-8-3-5-9(14)10(15)7-8/h3-7H,2H2,1H3,(H,16,18,19). The molecule has 2 aromatic rings. The van der Waals surface area contributed by atoms with Crippen molar-refractivity contribution in [3.63, 3.8) is 0 Å². The molecule has 1 heterocycles. The maximum atomic E-state index is 11.7. The van der Waals surface area contributed by atoms with Crippen LogP contribution in [0.5, 0.6) is 0 Å². The van der Waals surface area contributed by atoms with Gasteiger partial charge in [-0.15, -0.1) is 10.2 Å². The second kappa shape index (κ2) is 6.83. The summed E-state index contributed by atoms with van der Waals surface area (Å²) in [6.45, 7) is 1.98. The molecule has 1 amide bonds. The first-order valence-corrected chi connectivity index (χ1v) is 7.42. The predicted molar refractivity (Wildman–Crippen MR) is 83.4 cm³/mol. The lowest BCUT2D eigenvalue weighted by atomic mass is 10.2. The van der Waals surface area contributed by atoms with Crippen LogP contribution in [0.4, 0.5) is 5.13 Å². The van der Waals surface area contributed by atoms with Crippen LogP contribution >= 0.6 is 34.5 Å².